The Bertz CT molecular complexity index is 415. The van der Waals surface area contributed by atoms with Crippen molar-refractivity contribution < 1.29 is 4.79 Å². The van der Waals surface area contributed by atoms with E-state index in [2.05, 4.69) is 0 Å². The van der Waals surface area contributed by atoms with Crippen LogP contribution in [0.5, 0.6) is 0 Å². The smallest absolute Gasteiger partial charge is 0.183 e. The van der Waals surface area contributed by atoms with E-state index in [0.29, 0.717) is 12.1 Å². The number of Topliss-reactive ketones (excluding diaryl/α,β-unsaturated/α-hetero) is 1. The summed E-state index contributed by atoms with van der Waals surface area (Å²) in [6.07, 6.45) is 5.56. The molecular formula is C9H7NO2. The Labute approximate surface area is 68.9 Å². The Morgan fingerprint density at radius 2 is 2.17 bits per heavy atom. The molecule has 1 aliphatic rings. The zero-order valence-corrected chi connectivity index (χ0v) is 6.36. The SMILES string of the molecule is O=C1CC=Cn2ccc(=O)cc21. The first kappa shape index (κ1) is 7.03. The Balaban J connectivity index is 2.71. The van der Waals surface area contributed by atoms with Crippen LogP contribution >= 0.6 is 0 Å². The zero-order valence-electron chi connectivity index (χ0n) is 6.36. The van der Waals surface area contributed by atoms with Crippen LogP contribution in [0.3, 0.4) is 0 Å². The monoisotopic (exact) mass is 161 g/mol. The standard InChI is InChI=1S/C9H7NO2/c11-7-3-5-10-4-1-2-9(12)8(10)6-7/h1,3-6H,2H2. The Kier molecular flexibility index (Phi) is 1.43. The van der Waals surface area contributed by atoms with Gasteiger partial charge in [-0.3, -0.25) is 9.59 Å². The van der Waals surface area contributed by atoms with Crippen molar-refractivity contribution in [1.29, 1.82) is 0 Å². The van der Waals surface area contributed by atoms with Gasteiger partial charge in [-0.15, -0.1) is 0 Å². The topological polar surface area (TPSA) is 39.1 Å². The molecule has 2 rings (SSSR count). The van der Waals surface area contributed by atoms with Crippen LogP contribution in [-0.4, -0.2) is 10.4 Å². The van der Waals surface area contributed by atoms with Crippen molar-refractivity contribution in [1.82, 2.24) is 4.57 Å². The van der Waals surface area contributed by atoms with E-state index in [4.69, 9.17) is 0 Å². The molecule has 0 spiro atoms. The fraction of sp³-hybridized carbons (Fsp3) is 0.111. The summed E-state index contributed by atoms with van der Waals surface area (Å²) in [6, 6.07) is 2.80. The van der Waals surface area contributed by atoms with Crippen LogP contribution in [0.4, 0.5) is 0 Å². The average molecular weight is 161 g/mol. The Morgan fingerprint density at radius 1 is 1.33 bits per heavy atom. The number of allylic oxidation sites excluding steroid dienone is 1. The summed E-state index contributed by atoms with van der Waals surface area (Å²) in [6.45, 7) is 0. The first-order chi connectivity index (χ1) is 5.77. The molecule has 0 atom stereocenters. The van der Waals surface area contributed by atoms with Crippen LogP contribution in [0, 0.1) is 0 Å². The minimum absolute atomic E-state index is 0.00444. The largest absolute Gasteiger partial charge is 0.321 e. The predicted octanol–water partition coefficient (Wildman–Crippen LogP) is 0.905. The number of rotatable bonds is 0. The molecule has 12 heavy (non-hydrogen) atoms. The first-order valence-electron chi connectivity index (χ1n) is 3.69. The van der Waals surface area contributed by atoms with E-state index in [1.807, 2.05) is 0 Å². The first-order valence-corrected chi connectivity index (χ1v) is 3.69. The van der Waals surface area contributed by atoms with Gasteiger partial charge in [0.15, 0.2) is 11.2 Å². The average Bonchev–Trinajstić information content (AvgIpc) is 2.07. The minimum atomic E-state index is -0.120. The zero-order chi connectivity index (χ0) is 8.55. The van der Waals surface area contributed by atoms with E-state index in [1.165, 1.54) is 12.1 Å². The lowest BCUT2D eigenvalue weighted by atomic mass is 10.1. The molecular weight excluding hydrogens is 154 g/mol. The molecule has 0 saturated heterocycles. The summed E-state index contributed by atoms with van der Waals surface area (Å²) >= 11 is 0. The molecule has 1 aromatic rings. The maximum absolute atomic E-state index is 11.2. The Morgan fingerprint density at radius 3 is 3.00 bits per heavy atom. The molecule has 1 aromatic heterocycles. The summed E-state index contributed by atoms with van der Waals surface area (Å²) in [5, 5.41) is 0. The lowest BCUT2D eigenvalue weighted by molar-refractivity contribution is 0.0986. The van der Waals surface area contributed by atoms with E-state index in [-0.39, 0.29) is 11.2 Å². The third-order valence-corrected chi connectivity index (χ3v) is 1.81. The number of hydrogen-bond acceptors (Lipinski definition) is 2. The summed E-state index contributed by atoms with van der Waals surface area (Å²) in [5.74, 6) is -0.00444. The molecule has 0 unspecified atom stereocenters. The molecule has 3 nitrogen and oxygen atoms in total. The molecule has 3 heteroatoms. The van der Waals surface area contributed by atoms with Gasteiger partial charge in [-0.1, -0.05) is 6.08 Å². The Hall–Kier alpha value is -1.64. The summed E-state index contributed by atoms with van der Waals surface area (Å²) in [4.78, 5) is 22.1. The molecule has 0 bridgehead atoms. The van der Waals surface area contributed by atoms with Gasteiger partial charge in [-0.05, 0) is 0 Å². The molecule has 0 saturated carbocycles. The second kappa shape index (κ2) is 2.44. The molecule has 0 aromatic carbocycles. The number of ketones is 1. The maximum Gasteiger partial charge on any atom is 0.183 e. The highest BCUT2D eigenvalue weighted by atomic mass is 16.1. The maximum atomic E-state index is 11.2. The number of fused-ring (bicyclic) bond motifs is 1. The lowest BCUT2D eigenvalue weighted by Gasteiger charge is -2.10. The van der Waals surface area contributed by atoms with Crippen LogP contribution in [0.15, 0.2) is 29.2 Å². The fourth-order valence-electron chi connectivity index (χ4n) is 1.22. The highest BCUT2D eigenvalue weighted by Gasteiger charge is 2.11. The molecule has 1 aliphatic heterocycles. The van der Waals surface area contributed by atoms with Gasteiger partial charge < -0.3 is 4.57 Å². The van der Waals surface area contributed by atoms with Gasteiger partial charge in [0, 0.05) is 31.0 Å². The van der Waals surface area contributed by atoms with Crippen LogP contribution in [-0.2, 0) is 0 Å². The van der Waals surface area contributed by atoms with E-state index < -0.39 is 0 Å². The third-order valence-electron chi connectivity index (χ3n) is 1.81. The second-order valence-electron chi connectivity index (χ2n) is 2.67. The van der Waals surface area contributed by atoms with Crippen molar-refractivity contribution in [3.8, 4) is 0 Å². The quantitative estimate of drug-likeness (QED) is 0.567. The minimum Gasteiger partial charge on any atom is -0.321 e. The van der Waals surface area contributed by atoms with Gasteiger partial charge in [0.2, 0.25) is 0 Å². The van der Waals surface area contributed by atoms with Crippen molar-refractivity contribution in [2.24, 2.45) is 0 Å². The van der Waals surface area contributed by atoms with Gasteiger partial charge in [0.1, 0.15) is 0 Å². The van der Waals surface area contributed by atoms with Gasteiger partial charge in [0.25, 0.3) is 0 Å². The van der Waals surface area contributed by atoms with Crippen molar-refractivity contribution in [3.05, 3.63) is 40.3 Å². The van der Waals surface area contributed by atoms with Crippen molar-refractivity contribution in [3.63, 3.8) is 0 Å². The molecule has 2 heterocycles. The molecule has 0 N–H and O–H groups in total. The van der Waals surface area contributed by atoms with E-state index in [0.717, 1.165) is 0 Å². The van der Waals surface area contributed by atoms with E-state index in [1.54, 1.807) is 23.0 Å². The number of carbonyl (C=O) groups excluding carboxylic acids is 1. The number of nitrogens with zero attached hydrogens (tertiary/aromatic N) is 1. The van der Waals surface area contributed by atoms with Crippen LogP contribution in [0.1, 0.15) is 16.9 Å². The molecule has 0 fully saturated rings. The van der Waals surface area contributed by atoms with Crippen molar-refractivity contribution >= 4 is 12.0 Å². The lowest BCUT2D eigenvalue weighted by Crippen LogP contribution is -2.15. The predicted molar refractivity (Wildman–Crippen MR) is 45.0 cm³/mol. The van der Waals surface area contributed by atoms with Crippen molar-refractivity contribution in [2.75, 3.05) is 0 Å². The highest BCUT2D eigenvalue weighted by Crippen LogP contribution is 2.08. The molecule has 0 aliphatic carbocycles. The van der Waals surface area contributed by atoms with Crippen LogP contribution < -0.4 is 5.43 Å². The van der Waals surface area contributed by atoms with Gasteiger partial charge in [0.05, 0.1) is 5.69 Å². The second-order valence-corrected chi connectivity index (χ2v) is 2.67. The summed E-state index contributed by atoms with van der Waals surface area (Å²) in [7, 11) is 0. The fourth-order valence-corrected chi connectivity index (χ4v) is 1.22. The highest BCUT2D eigenvalue weighted by molar-refractivity contribution is 5.97. The number of hydrogen-bond donors (Lipinski definition) is 0. The molecule has 0 radical (unpaired) electrons. The third kappa shape index (κ3) is 0.993. The van der Waals surface area contributed by atoms with Gasteiger partial charge in [-0.2, -0.15) is 0 Å². The van der Waals surface area contributed by atoms with Gasteiger partial charge >= 0.3 is 0 Å². The molecule has 0 amide bonds. The van der Waals surface area contributed by atoms with Crippen LogP contribution in [0.25, 0.3) is 6.20 Å². The van der Waals surface area contributed by atoms with Crippen molar-refractivity contribution in [2.45, 2.75) is 6.42 Å². The van der Waals surface area contributed by atoms with E-state index in [9.17, 15) is 9.59 Å². The van der Waals surface area contributed by atoms with Crippen LogP contribution in [0.2, 0.25) is 0 Å². The number of carbonyl (C=O) groups is 1. The molecule has 60 valence electrons. The number of pyridine rings is 1. The summed E-state index contributed by atoms with van der Waals surface area (Å²) < 4.78 is 1.66. The normalized spacial score (nSPS) is 14.5. The van der Waals surface area contributed by atoms with E-state index >= 15 is 0 Å². The van der Waals surface area contributed by atoms with Gasteiger partial charge in [-0.25, -0.2) is 0 Å². The number of aromatic nitrogens is 1. The summed E-state index contributed by atoms with van der Waals surface area (Å²) in [5.41, 5.74) is 0.356.